The number of carbonyl (C=O) groups excluding carboxylic acids is 2. The van der Waals surface area contributed by atoms with Gasteiger partial charge >= 0.3 is 0 Å². The van der Waals surface area contributed by atoms with Crippen molar-refractivity contribution in [3.8, 4) is 0 Å². The van der Waals surface area contributed by atoms with Crippen molar-refractivity contribution >= 4 is 22.6 Å². The van der Waals surface area contributed by atoms with Gasteiger partial charge < -0.3 is 15.8 Å². The maximum absolute atomic E-state index is 12.1. The van der Waals surface area contributed by atoms with E-state index in [2.05, 4.69) is 5.32 Å². The van der Waals surface area contributed by atoms with Crippen molar-refractivity contribution in [2.75, 3.05) is 12.4 Å². The number of nitrogens with one attached hydrogen (secondary N) is 1. The Morgan fingerprint density at radius 1 is 1.36 bits per heavy atom. The van der Waals surface area contributed by atoms with Crippen LogP contribution in [-0.2, 0) is 25.1 Å². The van der Waals surface area contributed by atoms with Crippen LogP contribution in [0.15, 0.2) is 35.2 Å². The fraction of sp³-hybridized carbons (Fsp3) is 0.467. The molecule has 1 heterocycles. The molecule has 0 saturated carbocycles. The van der Waals surface area contributed by atoms with Crippen LogP contribution in [0.4, 0.5) is 0 Å². The molecule has 22 heavy (non-hydrogen) atoms. The molecule has 3 N–H and O–H groups in total. The smallest absolute Gasteiger partial charge is 0.249 e. The van der Waals surface area contributed by atoms with Crippen molar-refractivity contribution in [1.29, 1.82) is 0 Å². The zero-order valence-corrected chi connectivity index (χ0v) is 13.0. The van der Waals surface area contributed by atoms with E-state index in [1.807, 2.05) is 6.07 Å². The summed E-state index contributed by atoms with van der Waals surface area (Å²) in [6, 6.07) is 8.15. The van der Waals surface area contributed by atoms with Gasteiger partial charge in [0.15, 0.2) is 0 Å². The van der Waals surface area contributed by atoms with Gasteiger partial charge in [-0.2, -0.15) is 0 Å². The van der Waals surface area contributed by atoms with Crippen LogP contribution >= 0.6 is 0 Å². The number of amides is 2. The molecule has 2 amide bonds. The Bertz CT molecular complexity index is 544. The van der Waals surface area contributed by atoms with Crippen molar-refractivity contribution in [1.82, 2.24) is 5.32 Å². The number of nitrogens with two attached hydrogens (primary N) is 1. The number of hydrogen-bond donors (Lipinski definition) is 2. The third-order valence-corrected chi connectivity index (χ3v) is 4.88. The molecule has 0 unspecified atom stereocenters. The lowest BCUT2D eigenvalue weighted by Crippen LogP contribution is -2.48. The molecule has 1 fully saturated rings. The van der Waals surface area contributed by atoms with Crippen molar-refractivity contribution in [3.05, 3.63) is 30.3 Å². The van der Waals surface area contributed by atoms with E-state index in [9.17, 15) is 13.8 Å². The number of benzene rings is 1. The van der Waals surface area contributed by atoms with Crippen LogP contribution in [0.2, 0.25) is 0 Å². The minimum atomic E-state index is -1.23. The number of primary amides is 1. The van der Waals surface area contributed by atoms with Gasteiger partial charge in [-0.3, -0.25) is 13.8 Å². The summed E-state index contributed by atoms with van der Waals surface area (Å²) in [5.74, 6) is -0.702. The summed E-state index contributed by atoms with van der Waals surface area (Å²) in [4.78, 5) is 24.1. The van der Waals surface area contributed by atoms with Crippen LogP contribution in [-0.4, -0.2) is 40.5 Å². The van der Waals surface area contributed by atoms with E-state index in [4.69, 9.17) is 10.5 Å². The summed E-state index contributed by atoms with van der Waals surface area (Å²) in [6.07, 6.45) is 1.20. The molecular formula is C15H20N2O4S. The number of ether oxygens (including phenoxy) is 1. The van der Waals surface area contributed by atoms with E-state index in [0.717, 1.165) is 6.42 Å². The predicted molar refractivity (Wildman–Crippen MR) is 82.4 cm³/mol. The van der Waals surface area contributed by atoms with Crippen LogP contribution in [0.5, 0.6) is 0 Å². The number of hydrogen-bond acceptors (Lipinski definition) is 4. The molecule has 7 heteroatoms. The molecule has 0 aromatic heterocycles. The Balaban J connectivity index is 1.87. The SMILES string of the molecule is NC(=O)[C@H](CC[S@@](=O)c1ccccc1)NC(=O)[C@H]1CCCO1. The van der Waals surface area contributed by atoms with Crippen molar-refractivity contribution in [2.45, 2.75) is 36.3 Å². The maximum atomic E-state index is 12.1. The van der Waals surface area contributed by atoms with Crippen molar-refractivity contribution in [3.63, 3.8) is 0 Å². The summed E-state index contributed by atoms with van der Waals surface area (Å²) >= 11 is 0. The highest BCUT2D eigenvalue weighted by Crippen LogP contribution is 2.13. The predicted octanol–water partition coefficient (Wildman–Crippen LogP) is 0.333. The van der Waals surface area contributed by atoms with E-state index in [-0.39, 0.29) is 18.1 Å². The fourth-order valence-electron chi connectivity index (χ4n) is 2.25. The molecule has 6 nitrogen and oxygen atoms in total. The Hall–Kier alpha value is -1.73. The summed E-state index contributed by atoms with van der Waals surface area (Å²) < 4.78 is 17.4. The normalized spacial score (nSPS) is 20.3. The summed E-state index contributed by atoms with van der Waals surface area (Å²) in [6.45, 7) is 0.553. The van der Waals surface area contributed by atoms with Gasteiger partial charge in [0.25, 0.3) is 0 Å². The molecule has 120 valence electrons. The third-order valence-electron chi connectivity index (χ3n) is 3.48. The molecule has 1 aromatic rings. The number of rotatable bonds is 7. The van der Waals surface area contributed by atoms with Crippen LogP contribution in [0.1, 0.15) is 19.3 Å². The van der Waals surface area contributed by atoms with Gasteiger partial charge in [-0.05, 0) is 31.4 Å². The van der Waals surface area contributed by atoms with Gasteiger partial charge in [0.2, 0.25) is 11.8 Å². The second-order valence-electron chi connectivity index (χ2n) is 5.12. The van der Waals surface area contributed by atoms with Gasteiger partial charge in [0.05, 0.1) is 10.8 Å². The van der Waals surface area contributed by atoms with Crippen molar-refractivity contribution in [2.24, 2.45) is 5.73 Å². The average molecular weight is 324 g/mol. The van der Waals surface area contributed by atoms with Gasteiger partial charge in [-0.25, -0.2) is 0 Å². The molecule has 1 saturated heterocycles. The molecule has 1 aliphatic heterocycles. The Kier molecular flexibility index (Phi) is 6.09. The highest BCUT2D eigenvalue weighted by atomic mass is 32.2. The first-order valence-corrected chi connectivity index (χ1v) is 8.54. The quantitative estimate of drug-likeness (QED) is 0.755. The Morgan fingerprint density at radius 2 is 2.09 bits per heavy atom. The maximum Gasteiger partial charge on any atom is 0.249 e. The Labute approximate surface area is 131 Å². The molecule has 0 spiro atoms. The van der Waals surface area contributed by atoms with Crippen LogP contribution < -0.4 is 11.1 Å². The lowest BCUT2D eigenvalue weighted by molar-refractivity contribution is -0.133. The monoisotopic (exact) mass is 324 g/mol. The van der Waals surface area contributed by atoms with Crippen LogP contribution in [0.25, 0.3) is 0 Å². The molecule has 0 radical (unpaired) electrons. The second kappa shape index (κ2) is 8.05. The fourth-order valence-corrected chi connectivity index (χ4v) is 3.40. The van der Waals surface area contributed by atoms with E-state index in [0.29, 0.717) is 17.9 Å². The highest BCUT2D eigenvalue weighted by molar-refractivity contribution is 7.85. The zero-order valence-electron chi connectivity index (χ0n) is 12.2. The second-order valence-corrected chi connectivity index (χ2v) is 6.69. The first kappa shape index (κ1) is 16.6. The average Bonchev–Trinajstić information content (AvgIpc) is 3.06. The minimum absolute atomic E-state index is 0.231. The topological polar surface area (TPSA) is 98.5 Å². The van der Waals surface area contributed by atoms with E-state index in [1.54, 1.807) is 24.3 Å². The lowest BCUT2D eigenvalue weighted by atomic mass is 10.2. The third kappa shape index (κ3) is 4.64. The highest BCUT2D eigenvalue weighted by Gasteiger charge is 2.27. The van der Waals surface area contributed by atoms with E-state index >= 15 is 0 Å². The molecular weight excluding hydrogens is 304 g/mol. The molecule has 1 aromatic carbocycles. The zero-order chi connectivity index (χ0) is 15.9. The lowest BCUT2D eigenvalue weighted by Gasteiger charge is -2.17. The van der Waals surface area contributed by atoms with Crippen LogP contribution in [0, 0.1) is 0 Å². The first-order chi connectivity index (χ1) is 10.6. The van der Waals surface area contributed by atoms with Gasteiger partial charge in [0, 0.05) is 17.3 Å². The molecule has 0 aliphatic carbocycles. The minimum Gasteiger partial charge on any atom is -0.368 e. The first-order valence-electron chi connectivity index (χ1n) is 7.22. The van der Waals surface area contributed by atoms with Gasteiger partial charge in [-0.1, -0.05) is 18.2 Å². The summed E-state index contributed by atoms with van der Waals surface area (Å²) in [5, 5.41) is 2.59. The van der Waals surface area contributed by atoms with Crippen molar-refractivity contribution < 1.29 is 18.5 Å². The molecule has 2 rings (SSSR count). The summed E-state index contributed by atoms with van der Waals surface area (Å²) in [5.41, 5.74) is 5.32. The van der Waals surface area contributed by atoms with Crippen LogP contribution in [0.3, 0.4) is 0 Å². The van der Waals surface area contributed by atoms with Gasteiger partial charge in [0.1, 0.15) is 12.1 Å². The molecule has 3 atom stereocenters. The van der Waals surface area contributed by atoms with E-state index < -0.39 is 28.9 Å². The Morgan fingerprint density at radius 3 is 2.68 bits per heavy atom. The standard InChI is InChI=1S/C15H20N2O4S/c16-14(18)12(17-15(19)13-7-4-9-21-13)8-10-22(20)11-5-2-1-3-6-11/h1-3,5-6,12-13H,4,7-10H2,(H2,16,18)(H,17,19)/t12-,13+,22+/m0/s1. The number of carbonyl (C=O) groups is 2. The van der Waals surface area contributed by atoms with Gasteiger partial charge in [-0.15, -0.1) is 0 Å². The van der Waals surface area contributed by atoms with E-state index in [1.165, 1.54) is 0 Å². The largest absolute Gasteiger partial charge is 0.368 e. The summed E-state index contributed by atoms with van der Waals surface area (Å²) in [7, 11) is -1.23. The molecule has 1 aliphatic rings. The molecule has 0 bridgehead atoms.